The molecule has 136 valence electrons. The van der Waals surface area contributed by atoms with Crippen LogP contribution in [0, 0.1) is 17.6 Å². The second kappa shape index (κ2) is 7.74. The molecule has 1 aromatic carbocycles. The molecule has 0 unspecified atom stereocenters. The van der Waals surface area contributed by atoms with E-state index in [0.29, 0.717) is 28.7 Å². The third kappa shape index (κ3) is 4.13. The molecule has 26 heavy (non-hydrogen) atoms. The number of hydrogen-bond acceptors (Lipinski definition) is 4. The lowest BCUT2D eigenvalue weighted by Crippen LogP contribution is -2.24. The molecule has 0 aliphatic carbocycles. The van der Waals surface area contributed by atoms with Crippen molar-refractivity contribution in [3.8, 4) is 5.13 Å². The summed E-state index contributed by atoms with van der Waals surface area (Å²) in [5.41, 5.74) is 1.31. The van der Waals surface area contributed by atoms with Crippen molar-refractivity contribution in [2.24, 2.45) is 5.92 Å². The molecule has 0 bridgehead atoms. The first-order valence-corrected chi connectivity index (χ1v) is 9.02. The zero-order chi connectivity index (χ0) is 18.7. The average Bonchev–Trinajstić information content (AvgIpc) is 3.22. The van der Waals surface area contributed by atoms with E-state index >= 15 is 0 Å². The second-order valence-corrected chi connectivity index (χ2v) is 7.14. The highest BCUT2D eigenvalue weighted by molar-refractivity contribution is 7.12. The second-order valence-electron chi connectivity index (χ2n) is 6.27. The van der Waals surface area contributed by atoms with Crippen molar-refractivity contribution < 1.29 is 13.6 Å². The van der Waals surface area contributed by atoms with Gasteiger partial charge in [-0.1, -0.05) is 19.9 Å². The van der Waals surface area contributed by atoms with Gasteiger partial charge in [0.15, 0.2) is 0 Å². The molecular weight excluding hydrogens is 358 g/mol. The van der Waals surface area contributed by atoms with E-state index < -0.39 is 11.6 Å². The lowest BCUT2D eigenvalue weighted by molar-refractivity contribution is 0.0949. The Morgan fingerprint density at radius 3 is 2.81 bits per heavy atom. The molecule has 8 heteroatoms. The van der Waals surface area contributed by atoms with Gasteiger partial charge in [-0.3, -0.25) is 4.79 Å². The molecule has 0 fully saturated rings. The minimum atomic E-state index is -0.689. The third-order valence-corrected chi connectivity index (χ3v) is 4.47. The van der Waals surface area contributed by atoms with Gasteiger partial charge >= 0.3 is 0 Å². The van der Waals surface area contributed by atoms with Crippen LogP contribution in [0.1, 0.15) is 35.5 Å². The van der Waals surface area contributed by atoms with Crippen LogP contribution in [0.25, 0.3) is 5.13 Å². The van der Waals surface area contributed by atoms with Gasteiger partial charge in [-0.2, -0.15) is 5.10 Å². The Labute approximate surface area is 153 Å². The average molecular weight is 376 g/mol. The van der Waals surface area contributed by atoms with Crippen molar-refractivity contribution in [1.82, 2.24) is 20.1 Å². The summed E-state index contributed by atoms with van der Waals surface area (Å²) in [5.74, 6) is -1.38. The van der Waals surface area contributed by atoms with Crippen molar-refractivity contribution in [2.75, 3.05) is 0 Å². The number of aromatic nitrogens is 3. The van der Waals surface area contributed by atoms with Crippen molar-refractivity contribution in [3.63, 3.8) is 0 Å². The fraction of sp³-hybridized carbons (Fsp3) is 0.278. The molecule has 5 nitrogen and oxygen atoms in total. The van der Waals surface area contributed by atoms with Gasteiger partial charge in [0.25, 0.3) is 5.91 Å². The number of nitrogens with one attached hydrogen (secondary N) is 1. The first kappa shape index (κ1) is 18.2. The Morgan fingerprint density at radius 1 is 1.35 bits per heavy atom. The summed E-state index contributed by atoms with van der Waals surface area (Å²) in [6.45, 7) is 4.05. The summed E-state index contributed by atoms with van der Waals surface area (Å²) in [7, 11) is 0. The molecule has 1 N–H and O–H groups in total. The van der Waals surface area contributed by atoms with Gasteiger partial charge in [-0.05, 0) is 18.4 Å². The van der Waals surface area contributed by atoms with Crippen LogP contribution in [0.2, 0.25) is 0 Å². The number of thiazole rings is 1. The number of amides is 1. The number of carbonyl (C=O) groups excluding carboxylic acids is 1. The number of benzene rings is 1. The molecule has 0 spiro atoms. The zero-order valence-electron chi connectivity index (χ0n) is 14.4. The fourth-order valence-corrected chi connectivity index (χ4v) is 3.07. The third-order valence-electron chi connectivity index (χ3n) is 3.71. The van der Waals surface area contributed by atoms with E-state index in [1.165, 1.54) is 17.4 Å². The van der Waals surface area contributed by atoms with Crippen LogP contribution < -0.4 is 5.32 Å². The molecule has 0 aliphatic heterocycles. The van der Waals surface area contributed by atoms with Crippen LogP contribution >= 0.6 is 11.3 Å². The van der Waals surface area contributed by atoms with E-state index in [-0.39, 0.29) is 18.0 Å². The van der Waals surface area contributed by atoms with E-state index in [1.807, 2.05) is 19.2 Å². The van der Waals surface area contributed by atoms with Gasteiger partial charge in [0.1, 0.15) is 11.6 Å². The van der Waals surface area contributed by atoms with Crippen molar-refractivity contribution in [3.05, 3.63) is 64.4 Å². The van der Waals surface area contributed by atoms with Crippen LogP contribution in [0.4, 0.5) is 8.78 Å². The Morgan fingerprint density at radius 2 is 2.15 bits per heavy atom. The highest BCUT2D eigenvalue weighted by Gasteiger charge is 2.19. The fourth-order valence-electron chi connectivity index (χ4n) is 2.50. The zero-order valence-corrected chi connectivity index (χ0v) is 15.2. The van der Waals surface area contributed by atoms with Gasteiger partial charge < -0.3 is 5.32 Å². The lowest BCUT2D eigenvalue weighted by Gasteiger charge is -2.07. The number of nitrogens with zero attached hydrogens (tertiary/aromatic N) is 3. The van der Waals surface area contributed by atoms with Crippen LogP contribution in [-0.2, 0) is 13.0 Å². The van der Waals surface area contributed by atoms with Crippen LogP contribution in [0.5, 0.6) is 0 Å². The standard InChI is InChI=1S/C18H18F2N4OS/c1-11(2)7-16-14(10-24(23-16)18-21-5-6-26-18)17(25)22-9-12-3-4-13(19)8-15(12)20/h3-6,8,10-11H,7,9H2,1-2H3,(H,22,25). The quantitative estimate of drug-likeness (QED) is 0.713. The highest BCUT2D eigenvalue weighted by Crippen LogP contribution is 2.18. The SMILES string of the molecule is CC(C)Cc1nn(-c2nccs2)cc1C(=O)NCc1ccc(F)cc1F. The molecule has 0 saturated heterocycles. The Hall–Kier alpha value is -2.61. The molecule has 0 aliphatic rings. The van der Waals surface area contributed by atoms with Gasteiger partial charge in [-0.15, -0.1) is 11.3 Å². The lowest BCUT2D eigenvalue weighted by atomic mass is 10.0. The van der Waals surface area contributed by atoms with Gasteiger partial charge in [0.2, 0.25) is 5.13 Å². The Kier molecular flexibility index (Phi) is 5.41. The van der Waals surface area contributed by atoms with Gasteiger partial charge in [-0.25, -0.2) is 18.4 Å². The maximum atomic E-state index is 13.7. The van der Waals surface area contributed by atoms with Gasteiger partial charge in [0, 0.05) is 35.9 Å². The predicted molar refractivity (Wildman–Crippen MR) is 95.3 cm³/mol. The normalized spacial score (nSPS) is 11.1. The number of carbonyl (C=O) groups is 1. The Bertz CT molecular complexity index is 906. The van der Waals surface area contributed by atoms with E-state index in [2.05, 4.69) is 15.4 Å². The first-order chi connectivity index (χ1) is 12.4. The number of hydrogen-bond donors (Lipinski definition) is 1. The summed E-state index contributed by atoms with van der Waals surface area (Å²) in [5, 5.41) is 9.65. The first-order valence-electron chi connectivity index (χ1n) is 8.14. The summed E-state index contributed by atoms with van der Waals surface area (Å²) < 4.78 is 28.3. The molecule has 2 aromatic heterocycles. The summed E-state index contributed by atoms with van der Waals surface area (Å²) >= 11 is 1.41. The molecular formula is C18H18F2N4OS. The summed E-state index contributed by atoms with van der Waals surface area (Å²) in [4.78, 5) is 16.8. The molecule has 1 amide bonds. The highest BCUT2D eigenvalue weighted by atomic mass is 32.1. The van der Waals surface area contributed by atoms with Crippen molar-refractivity contribution in [2.45, 2.75) is 26.8 Å². The van der Waals surface area contributed by atoms with Crippen molar-refractivity contribution >= 4 is 17.2 Å². The molecule has 3 rings (SSSR count). The van der Waals surface area contributed by atoms with Crippen LogP contribution in [0.15, 0.2) is 36.0 Å². The van der Waals surface area contributed by atoms with Crippen molar-refractivity contribution in [1.29, 1.82) is 0 Å². The van der Waals surface area contributed by atoms with Gasteiger partial charge in [0.05, 0.1) is 11.3 Å². The molecule has 0 radical (unpaired) electrons. The van der Waals surface area contributed by atoms with E-state index in [9.17, 15) is 13.6 Å². The molecule has 0 atom stereocenters. The maximum absolute atomic E-state index is 13.7. The van der Waals surface area contributed by atoms with E-state index in [4.69, 9.17) is 0 Å². The maximum Gasteiger partial charge on any atom is 0.255 e. The molecule has 2 heterocycles. The largest absolute Gasteiger partial charge is 0.348 e. The van der Waals surface area contributed by atoms with E-state index in [0.717, 1.165) is 12.1 Å². The topological polar surface area (TPSA) is 59.8 Å². The number of halogens is 2. The smallest absolute Gasteiger partial charge is 0.255 e. The minimum absolute atomic E-state index is 0.0332. The van der Waals surface area contributed by atoms with E-state index in [1.54, 1.807) is 17.1 Å². The summed E-state index contributed by atoms with van der Waals surface area (Å²) in [6, 6.07) is 3.28. The summed E-state index contributed by atoms with van der Waals surface area (Å²) in [6.07, 6.45) is 3.93. The van der Waals surface area contributed by atoms with Crippen LogP contribution in [-0.4, -0.2) is 20.7 Å². The predicted octanol–water partition coefficient (Wildman–Crippen LogP) is 3.74. The minimum Gasteiger partial charge on any atom is -0.348 e. The Balaban J connectivity index is 1.81. The molecule has 3 aromatic rings. The number of rotatable bonds is 6. The molecule has 0 saturated carbocycles. The monoisotopic (exact) mass is 376 g/mol. The van der Waals surface area contributed by atoms with Crippen LogP contribution in [0.3, 0.4) is 0 Å².